The minimum atomic E-state index is 0.507. The maximum atomic E-state index is 5.92. The molecule has 0 amide bonds. The molecule has 1 atom stereocenters. The number of rotatable bonds is 5. The van der Waals surface area contributed by atoms with E-state index in [0.29, 0.717) is 6.04 Å². The van der Waals surface area contributed by atoms with E-state index in [4.69, 9.17) is 11.6 Å². The van der Waals surface area contributed by atoms with Crippen LogP contribution in [0.1, 0.15) is 50.6 Å². The lowest BCUT2D eigenvalue weighted by Gasteiger charge is -2.31. The zero-order valence-corrected chi connectivity index (χ0v) is 10.6. The Morgan fingerprint density at radius 3 is 2.50 bits per heavy atom. The first-order chi connectivity index (χ1) is 7.79. The number of halogens is 1. The number of benzene rings is 1. The molecule has 0 bridgehead atoms. The monoisotopic (exact) mass is 237 g/mol. The van der Waals surface area contributed by atoms with Crippen molar-refractivity contribution in [1.29, 1.82) is 0 Å². The smallest absolute Gasteiger partial charge is 0.0406 e. The molecule has 0 radical (unpaired) electrons. The van der Waals surface area contributed by atoms with Crippen molar-refractivity contribution >= 4 is 11.6 Å². The van der Waals surface area contributed by atoms with E-state index in [-0.39, 0.29) is 0 Å². The van der Waals surface area contributed by atoms with Gasteiger partial charge in [-0.1, -0.05) is 43.5 Å². The van der Waals surface area contributed by atoms with Crippen molar-refractivity contribution in [3.05, 3.63) is 34.9 Å². The van der Waals surface area contributed by atoms with Crippen LogP contribution in [0, 0.1) is 0 Å². The van der Waals surface area contributed by atoms with E-state index in [1.807, 2.05) is 12.1 Å². The highest BCUT2D eigenvalue weighted by Gasteiger charge is 2.21. The second-order valence-corrected chi connectivity index (χ2v) is 5.12. The Labute approximate surface area is 103 Å². The normalized spacial score (nSPS) is 18.1. The second kappa shape index (κ2) is 5.70. The Morgan fingerprint density at radius 2 is 2.00 bits per heavy atom. The fourth-order valence-corrected chi connectivity index (χ4v) is 2.32. The number of hydrogen-bond acceptors (Lipinski definition) is 1. The van der Waals surface area contributed by atoms with Crippen molar-refractivity contribution in [3.8, 4) is 0 Å². The third-order valence-corrected chi connectivity index (χ3v) is 3.64. The third-order valence-electron chi connectivity index (χ3n) is 3.39. The minimum absolute atomic E-state index is 0.507. The lowest BCUT2D eigenvalue weighted by atomic mass is 9.90. The van der Waals surface area contributed by atoms with Gasteiger partial charge in [0, 0.05) is 17.1 Å². The van der Waals surface area contributed by atoms with Crippen LogP contribution in [-0.2, 0) is 0 Å². The summed E-state index contributed by atoms with van der Waals surface area (Å²) >= 11 is 5.92. The molecule has 1 unspecified atom stereocenters. The van der Waals surface area contributed by atoms with Crippen molar-refractivity contribution < 1.29 is 0 Å². The molecule has 88 valence electrons. The summed E-state index contributed by atoms with van der Waals surface area (Å²) in [5.74, 6) is 0. The average Bonchev–Trinajstić information content (AvgIpc) is 2.23. The summed E-state index contributed by atoms with van der Waals surface area (Å²) in [6.45, 7) is 2.24. The molecule has 0 spiro atoms. The molecular weight excluding hydrogens is 218 g/mol. The predicted molar refractivity (Wildman–Crippen MR) is 69.9 cm³/mol. The Hall–Kier alpha value is -0.530. The zero-order chi connectivity index (χ0) is 11.4. The maximum absolute atomic E-state index is 5.92. The minimum Gasteiger partial charge on any atom is -0.307 e. The molecule has 16 heavy (non-hydrogen) atoms. The van der Waals surface area contributed by atoms with E-state index in [0.717, 1.165) is 11.1 Å². The van der Waals surface area contributed by atoms with E-state index >= 15 is 0 Å². The highest BCUT2D eigenvalue weighted by molar-refractivity contribution is 6.30. The Balaban J connectivity index is 2.01. The van der Waals surface area contributed by atoms with Crippen LogP contribution in [0.2, 0.25) is 5.02 Å². The van der Waals surface area contributed by atoms with Gasteiger partial charge >= 0.3 is 0 Å². The first kappa shape index (κ1) is 11.9. The van der Waals surface area contributed by atoms with Gasteiger partial charge in [0.05, 0.1) is 0 Å². The molecule has 1 N–H and O–H groups in total. The molecule has 0 aliphatic heterocycles. The highest BCUT2D eigenvalue weighted by Crippen LogP contribution is 2.26. The van der Waals surface area contributed by atoms with E-state index in [1.165, 1.54) is 37.7 Å². The molecule has 1 aromatic rings. The van der Waals surface area contributed by atoms with Gasteiger partial charge in [-0.05, 0) is 37.0 Å². The van der Waals surface area contributed by atoms with Crippen molar-refractivity contribution in [2.24, 2.45) is 0 Å². The molecule has 1 fully saturated rings. The van der Waals surface area contributed by atoms with Gasteiger partial charge < -0.3 is 5.32 Å². The van der Waals surface area contributed by atoms with Crippen LogP contribution in [0.4, 0.5) is 0 Å². The SMILES string of the molecule is CCCC(NC1CCC1)c1ccc(Cl)cc1. The van der Waals surface area contributed by atoms with Gasteiger partial charge in [-0.2, -0.15) is 0 Å². The summed E-state index contributed by atoms with van der Waals surface area (Å²) in [7, 11) is 0. The van der Waals surface area contributed by atoms with Gasteiger partial charge in [0.15, 0.2) is 0 Å². The van der Waals surface area contributed by atoms with Crippen LogP contribution in [0.5, 0.6) is 0 Å². The summed E-state index contributed by atoms with van der Waals surface area (Å²) < 4.78 is 0. The Bertz CT molecular complexity index is 316. The molecule has 1 aromatic carbocycles. The molecule has 2 rings (SSSR count). The average molecular weight is 238 g/mol. The highest BCUT2D eigenvalue weighted by atomic mass is 35.5. The van der Waals surface area contributed by atoms with Crippen LogP contribution in [0.25, 0.3) is 0 Å². The summed E-state index contributed by atoms with van der Waals surface area (Å²) in [6, 6.07) is 9.52. The first-order valence-corrected chi connectivity index (χ1v) is 6.69. The second-order valence-electron chi connectivity index (χ2n) is 4.69. The summed E-state index contributed by atoms with van der Waals surface area (Å²) in [5.41, 5.74) is 1.37. The molecule has 2 heteroatoms. The van der Waals surface area contributed by atoms with Crippen LogP contribution in [0.15, 0.2) is 24.3 Å². The Morgan fingerprint density at radius 1 is 1.31 bits per heavy atom. The van der Waals surface area contributed by atoms with E-state index < -0.39 is 0 Å². The predicted octanol–water partition coefficient (Wildman–Crippen LogP) is 4.32. The van der Waals surface area contributed by atoms with E-state index in [9.17, 15) is 0 Å². The molecule has 0 aromatic heterocycles. The molecule has 0 saturated heterocycles. The Kier molecular flexibility index (Phi) is 4.25. The van der Waals surface area contributed by atoms with Crippen molar-refractivity contribution in [2.75, 3.05) is 0 Å². The van der Waals surface area contributed by atoms with Gasteiger partial charge in [0.2, 0.25) is 0 Å². The lowest BCUT2D eigenvalue weighted by Crippen LogP contribution is -2.37. The van der Waals surface area contributed by atoms with E-state index in [2.05, 4.69) is 24.4 Å². The van der Waals surface area contributed by atoms with Gasteiger partial charge in [-0.15, -0.1) is 0 Å². The topological polar surface area (TPSA) is 12.0 Å². The summed E-state index contributed by atoms with van der Waals surface area (Å²) in [4.78, 5) is 0. The quantitative estimate of drug-likeness (QED) is 0.804. The fraction of sp³-hybridized carbons (Fsp3) is 0.571. The molecule has 0 heterocycles. The van der Waals surface area contributed by atoms with Crippen molar-refractivity contribution in [3.63, 3.8) is 0 Å². The van der Waals surface area contributed by atoms with Crippen LogP contribution >= 0.6 is 11.6 Å². The third kappa shape index (κ3) is 2.99. The van der Waals surface area contributed by atoms with Crippen molar-refractivity contribution in [1.82, 2.24) is 5.32 Å². The lowest BCUT2D eigenvalue weighted by molar-refractivity contribution is 0.297. The molecule has 1 nitrogen and oxygen atoms in total. The van der Waals surface area contributed by atoms with Gasteiger partial charge in [0.25, 0.3) is 0 Å². The summed E-state index contributed by atoms with van der Waals surface area (Å²) in [5, 5.41) is 4.57. The van der Waals surface area contributed by atoms with Crippen LogP contribution in [0.3, 0.4) is 0 Å². The van der Waals surface area contributed by atoms with Crippen molar-refractivity contribution in [2.45, 2.75) is 51.1 Å². The standard InChI is InChI=1S/C14H20ClN/c1-2-4-14(16-13-5-3-6-13)11-7-9-12(15)10-8-11/h7-10,13-14,16H,2-6H2,1H3. The molecule has 1 aliphatic carbocycles. The first-order valence-electron chi connectivity index (χ1n) is 6.31. The van der Waals surface area contributed by atoms with Gasteiger partial charge in [-0.25, -0.2) is 0 Å². The fourth-order valence-electron chi connectivity index (χ4n) is 2.19. The maximum Gasteiger partial charge on any atom is 0.0406 e. The van der Waals surface area contributed by atoms with Crippen LogP contribution < -0.4 is 5.32 Å². The zero-order valence-electron chi connectivity index (χ0n) is 9.88. The van der Waals surface area contributed by atoms with Gasteiger partial charge in [-0.3, -0.25) is 0 Å². The van der Waals surface area contributed by atoms with E-state index in [1.54, 1.807) is 0 Å². The summed E-state index contributed by atoms with van der Waals surface area (Å²) in [6.07, 6.45) is 6.49. The molecule has 1 aliphatic rings. The number of nitrogens with one attached hydrogen (secondary N) is 1. The largest absolute Gasteiger partial charge is 0.307 e. The van der Waals surface area contributed by atoms with Crippen LogP contribution in [-0.4, -0.2) is 6.04 Å². The number of hydrogen-bond donors (Lipinski definition) is 1. The molecular formula is C14H20ClN. The molecule has 1 saturated carbocycles. The van der Waals surface area contributed by atoms with Gasteiger partial charge in [0.1, 0.15) is 0 Å².